The lowest BCUT2D eigenvalue weighted by molar-refractivity contribution is 0.102. The Hall–Kier alpha value is -2.47. The van der Waals surface area contributed by atoms with Crippen molar-refractivity contribution in [2.75, 3.05) is 23.7 Å². The zero-order valence-corrected chi connectivity index (χ0v) is 15.7. The Balaban J connectivity index is 1.89. The summed E-state index contributed by atoms with van der Waals surface area (Å²) in [4.78, 5) is 12.5. The topological polar surface area (TPSA) is 92.9 Å². The van der Waals surface area contributed by atoms with Gasteiger partial charge in [-0.1, -0.05) is 25.3 Å². The number of carbonyl (C=O) groups is 1. The van der Waals surface area contributed by atoms with E-state index in [-0.39, 0.29) is 5.91 Å². The first-order valence-electron chi connectivity index (χ1n) is 9.27. The average Bonchev–Trinajstić information content (AvgIpc) is 2.64. The van der Waals surface area contributed by atoms with Crippen molar-refractivity contribution in [1.29, 1.82) is 0 Å². The molecule has 6 nitrogen and oxygen atoms in total. The molecule has 1 aromatic heterocycles. The number of nitrogens with two attached hydrogens (primary N) is 1. The highest BCUT2D eigenvalue weighted by atomic mass is 16.1. The van der Waals surface area contributed by atoms with Gasteiger partial charge in [0, 0.05) is 17.8 Å². The van der Waals surface area contributed by atoms with Crippen molar-refractivity contribution >= 4 is 17.4 Å². The number of amides is 1. The van der Waals surface area contributed by atoms with E-state index in [1.165, 1.54) is 19.3 Å². The second kappa shape index (κ2) is 10.5. The summed E-state index contributed by atoms with van der Waals surface area (Å²) in [6, 6.07) is 9.30. The number of nitrogens with one attached hydrogen (secondary N) is 2. The van der Waals surface area contributed by atoms with Crippen molar-refractivity contribution in [2.24, 2.45) is 5.73 Å². The van der Waals surface area contributed by atoms with Crippen LogP contribution in [0.3, 0.4) is 0 Å². The Bertz CT molecular complexity index is 700. The van der Waals surface area contributed by atoms with Gasteiger partial charge < -0.3 is 16.4 Å². The van der Waals surface area contributed by atoms with E-state index >= 15 is 0 Å². The molecule has 0 radical (unpaired) electrons. The first kappa shape index (κ1) is 19.8. The molecule has 140 valence electrons. The van der Waals surface area contributed by atoms with E-state index in [1.54, 1.807) is 6.07 Å². The number of benzene rings is 1. The Morgan fingerprint density at radius 2 is 1.77 bits per heavy atom. The first-order valence-corrected chi connectivity index (χ1v) is 9.27. The molecule has 1 amide bonds. The summed E-state index contributed by atoms with van der Waals surface area (Å²) in [5.41, 5.74) is 8.89. The number of hydrogen-bond acceptors (Lipinski definition) is 5. The largest absolute Gasteiger partial charge is 0.385 e. The normalized spacial score (nSPS) is 10.6. The number of aromatic nitrogens is 2. The second-order valence-corrected chi connectivity index (χ2v) is 6.48. The highest BCUT2D eigenvalue weighted by Crippen LogP contribution is 2.20. The van der Waals surface area contributed by atoms with Gasteiger partial charge in [0.2, 0.25) is 0 Å². The summed E-state index contributed by atoms with van der Waals surface area (Å²) in [6.45, 7) is 5.49. The van der Waals surface area contributed by atoms with E-state index in [4.69, 9.17) is 5.73 Å². The summed E-state index contributed by atoms with van der Waals surface area (Å²) >= 11 is 0. The highest BCUT2D eigenvalue weighted by Gasteiger charge is 2.12. The summed E-state index contributed by atoms with van der Waals surface area (Å²) in [5, 5.41) is 14.2. The fourth-order valence-corrected chi connectivity index (χ4v) is 2.75. The zero-order chi connectivity index (χ0) is 18.8. The van der Waals surface area contributed by atoms with Crippen LogP contribution in [0.5, 0.6) is 0 Å². The van der Waals surface area contributed by atoms with Gasteiger partial charge in [-0.2, -0.15) is 5.10 Å². The molecule has 6 heteroatoms. The van der Waals surface area contributed by atoms with E-state index in [1.807, 2.05) is 38.1 Å². The molecule has 0 aliphatic heterocycles. The third kappa shape index (κ3) is 6.11. The highest BCUT2D eigenvalue weighted by molar-refractivity contribution is 6.05. The lowest BCUT2D eigenvalue weighted by atomic mass is 10.1. The maximum atomic E-state index is 12.5. The van der Waals surface area contributed by atoms with Crippen LogP contribution >= 0.6 is 0 Å². The van der Waals surface area contributed by atoms with Crippen LogP contribution in [0.2, 0.25) is 0 Å². The lowest BCUT2D eigenvalue weighted by Crippen LogP contribution is -2.16. The van der Waals surface area contributed by atoms with Gasteiger partial charge >= 0.3 is 0 Å². The molecule has 0 spiro atoms. The molecule has 0 aliphatic rings. The van der Waals surface area contributed by atoms with E-state index < -0.39 is 0 Å². The number of unbranched alkanes of at least 4 members (excludes halogenated alkanes) is 4. The third-order valence-electron chi connectivity index (χ3n) is 4.31. The molecule has 0 bridgehead atoms. The van der Waals surface area contributed by atoms with Gasteiger partial charge in [0.1, 0.15) is 0 Å². The fourth-order valence-electron chi connectivity index (χ4n) is 2.75. The molecule has 0 fully saturated rings. The Kier molecular flexibility index (Phi) is 8.02. The molecular formula is C20H29N5O. The van der Waals surface area contributed by atoms with Gasteiger partial charge in [0.15, 0.2) is 5.82 Å². The van der Waals surface area contributed by atoms with E-state index in [0.29, 0.717) is 11.4 Å². The number of nitrogens with zero attached hydrogens (tertiary/aromatic N) is 2. The van der Waals surface area contributed by atoms with Crippen molar-refractivity contribution in [1.82, 2.24) is 10.2 Å². The van der Waals surface area contributed by atoms with Crippen LogP contribution < -0.4 is 16.4 Å². The van der Waals surface area contributed by atoms with Gasteiger partial charge in [-0.15, -0.1) is 5.10 Å². The minimum absolute atomic E-state index is 0.175. The maximum Gasteiger partial charge on any atom is 0.257 e. The van der Waals surface area contributed by atoms with Crippen LogP contribution in [-0.4, -0.2) is 29.2 Å². The van der Waals surface area contributed by atoms with Crippen LogP contribution in [0.1, 0.15) is 53.7 Å². The summed E-state index contributed by atoms with van der Waals surface area (Å²) in [7, 11) is 0. The van der Waals surface area contributed by atoms with E-state index in [0.717, 1.165) is 42.9 Å². The molecule has 1 heterocycles. The fraction of sp³-hybridized carbons (Fsp3) is 0.450. The van der Waals surface area contributed by atoms with Crippen LogP contribution in [0.4, 0.5) is 11.5 Å². The van der Waals surface area contributed by atoms with Gasteiger partial charge in [-0.25, -0.2) is 0 Å². The molecule has 2 rings (SSSR count). The number of carbonyl (C=O) groups excluding carboxylic acids is 1. The second-order valence-electron chi connectivity index (χ2n) is 6.48. The standard InChI is InChI=1S/C20H29N5O/c1-15-11-12-19(25-24-15)23-20(26)17-9-8-10-18(16(17)2)22-14-7-5-3-4-6-13-21/h8-12,22H,3-7,13-14,21H2,1-2H3,(H,23,25,26). The molecule has 0 aliphatic carbocycles. The van der Waals surface area contributed by atoms with Gasteiger partial charge in [0.05, 0.1) is 5.69 Å². The third-order valence-corrected chi connectivity index (χ3v) is 4.31. The van der Waals surface area contributed by atoms with Gasteiger partial charge in [0.25, 0.3) is 5.91 Å². The summed E-state index contributed by atoms with van der Waals surface area (Å²) in [5.74, 6) is 0.280. The average molecular weight is 355 g/mol. The van der Waals surface area contributed by atoms with Crippen LogP contribution in [-0.2, 0) is 0 Å². The van der Waals surface area contributed by atoms with Crippen LogP contribution in [0, 0.1) is 13.8 Å². The predicted octanol–water partition coefficient (Wildman–Crippen LogP) is 3.67. The monoisotopic (exact) mass is 355 g/mol. The van der Waals surface area contributed by atoms with E-state index in [9.17, 15) is 4.79 Å². The number of aryl methyl sites for hydroxylation is 1. The maximum absolute atomic E-state index is 12.5. The van der Waals surface area contributed by atoms with Crippen molar-refractivity contribution in [2.45, 2.75) is 46.0 Å². The summed E-state index contributed by atoms with van der Waals surface area (Å²) < 4.78 is 0. The van der Waals surface area contributed by atoms with Crippen molar-refractivity contribution < 1.29 is 4.79 Å². The molecule has 26 heavy (non-hydrogen) atoms. The smallest absolute Gasteiger partial charge is 0.257 e. The Morgan fingerprint density at radius 1 is 1.00 bits per heavy atom. The molecule has 1 aromatic carbocycles. The van der Waals surface area contributed by atoms with Gasteiger partial charge in [-0.3, -0.25) is 4.79 Å². The minimum atomic E-state index is -0.175. The number of anilines is 2. The number of rotatable bonds is 10. The zero-order valence-electron chi connectivity index (χ0n) is 15.7. The van der Waals surface area contributed by atoms with Crippen LogP contribution in [0.15, 0.2) is 30.3 Å². The first-order chi connectivity index (χ1) is 12.6. The van der Waals surface area contributed by atoms with Crippen molar-refractivity contribution in [3.8, 4) is 0 Å². The molecule has 0 unspecified atom stereocenters. The molecule has 0 saturated carbocycles. The minimum Gasteiger partial charge on any atom is -0.385 e. The predicted molar refractivity (Wildman–Crippen MR) is 107 cm³/mol. The Morgan fingerprint density at radius 3 is 2.50 bits per heavy atom. The lowest BCUT2D eigenvalue weighted by Gasteiger charge is -2.13. The Labute approximate surface area is 155 Å². The number of hydrogen-bond donors (Lipinski definition) is 3. The summed E-state index contributed by atoms with van der Waals surface area (Å²) in [6.07, 6.45) is 5.83. The van der Waals surface area contributed by atoms with Gasteiger partial charge in [-0.05, 0) is 63.1 Å². The molecule has 2 aromatic rings. The molecule has 4 N–H and O–H groups in total. The van der Waals surface area contributed by atoms with Crippen molar-refractivity contribution in [3.05, 3.63) is 47.2 Å². The molecular weight excluding hydrogens is 326 g/mol. The van der Waals surface area contributed by atoms with Crippen LogP contribution in [0.25, 0.3) is 0 Å². The van der Waals surface area contributed by atoms with E-state index in [2.05, 4.69) is 20.8 Å². The molecule has 0 saturated heterocycles. The SMILES string of the molecule is Cc1ccc(NC(=O)c2cccc(NCCCCCCCN)c2C)nn1. The molecule has 0 atom stereocenters. The quantitative estimate of drug-likeness (QED) is 0.566. The van der Waals surface area contributed by atoms with Crippen molar-refractivity contribution in [3.63, 3.8) is 0 Å².